The van der Waals surface area contributed by atoms with Crippen LogP contribution >= 0.6 is 12.4 Å². The van der Waals surface area contributed by atoms with Gasteiger partial charge in [-0.05, 0) is 37.4 Å². The van der Waals surface area contributed by atoms with Crippen LogP contribution in [0.3, 0.4) is 0 Å². The number of methoxy groups -OCH3 is 1. The number of carbonyl (C=O) groups is 2. The Labute approximate surface area is 180 Å². The van der Waals surface area contributed by atoms with E-state index < -0.39 is 6.04 Å². The second kappa shape index (κ2) is 12.7. The van der Waals surface area contributed by atoms with E-state index in [0.29, 0.717) is 19.7 Å². The molecule has 1 aliphatic heterocycles. The molecule has 1 unspecified atom stereocenters. The largest absolute Gasteiger partial charge is 0.384 e. The summed E-state index contributed by atoms with van der Waals surface area (Å²) >= 11 is 0. The monoisotopic (exact) mass is 426 g/mol. The standard InChI is InChI=1S/C21H34N4O3.ClH/c1-16(2)18(25-20(27)23-13-17-7-5-4-6-8-17)19(26)24-14-21(15-28-3)9-11-22-12-10-21;/h4-8,16,18,22H,9-15H2,1-3H3,(H,24,26)(H2,23,25,27);1H. The Kier molecular flexibility index (Phi) is 11.0. The highest BCUT2D eigenvalue weighted by Gasteiger charge is 2.34. The molecular formula is C21H35ClN4O3. The van der Waals surface area contributed by atoms with Crippen molar-refractivity contribution in [3.05, 3.63) is 35.9 Å². The van der Waals surface area contributed by atoms with Crippen LogP contribution in [-0.4, -0.2) is 51.3 Å². The van der Waals surface area contributed by atoms with Gasteiger partial charge in [0.1, 0.15) is 6.04 Å². The molecule has 164 valence electrons. The lowest BCUT2D eigenvalue weighted by Gasteiger charge is -2.37. The van der Waals surface area contributed by atoms with Crippen LogP contribution in [0, 0.1) is 11.3 Å². The van der Waals surface area contributed by atoms with Crippen molar-refractivity contribution in [2.45, 2.75) is 39.3 Å². The molecule has 1 heterocycles. The van der Waals surface area contributed by atoms with E-state index in [9.17, 15) is 9.59 Å². The molecule has 1 aromatic rings. The molecule has 0 saturated carbocycles. The zero-order valence-corrected chi connectivity index (χ0v) is 18.4. The lowest BCUT2D eigenvalue weighted by Crippen LogP contribution is -2.55. The Hall–Kier alpha value is -1.83. The van der Waals surface area contributed by atoms with Crippen LogP contribution in [0.25, 0.3) is 0 Å². The van der Waals surface area contributed by atoms with Gasteiger partial charge in [-0.15, -0.1) is 12.4 Å². The summed E-state index contributed by atoms with van der Waals surface area (Å²) < 4.78 is 5.40. The lowest BCUT2D eigenvalue weighted by molar-refractivity contribution is -0.124. The number of piperidine rings is 1. The number of ether oxygens (including phenoxy) is 1. The molecule has 7 nitrogen and oxygen atoms in total. The van der Waals surface area contributed by atoms with Gasteiger partial charge in [0.05, 0.1) is 6.61 Å². The lowest BCUT2D eigenvalue weighted by atomic mass is 9.79. The average molecular weight is 427 g/mol. The smallest absolute Gasteiger partial charge is 0.315 e. The maximum atomic E-state index is 12.8. The van der Waals surface area contributed by atoms with E-state index in [1.54, 1.807) is 7.11 Å². The third kappa shape index (κ3) is 8.20. The molecule has 8 heteroatoms. The number of urea groups is 1. The molecule has 0 bridgehead atoms. The summed E-state index contributed by atoms with van der Waals surface area (Å²) in [5.41, 5.74) is 0.961. The minimum absolute atomic E-state index is 0. The van der Waals surface area contributed by atoms with E-state index in [1.807, 2.05) is 44.2 Å². The Balaban J connectivity index is 0.00000420. The molecule has 4 N–H and O–H groups in total. The van der Waals surface area contributed by atoms with Crippen LogP contribution in [-0.2, 0) is 16.1 Å². The molecule has 0 aromatic heterocycles. The normalized spacial score (nSPS) is 16.4. The highest BCUT2D eigenvalue weighted by atomic mass is 35.5. The highest BCUT2D eigenvalue weighted by molar-refractivity contribution is 5.87. The van der Waals surface area contributed by atoms with Crippen molar-refractivity contribution in [1.29, 1.82) is 0 Å². The van der Waals surface area contributed by atoms with Crippen molar-refractivity contribution in [3.8, 4) is 0 Å². The molecule has 29 heavy (non-hydrogen) atoms. The molecule has 1 saturated heterocycles. The SMILES string of the molecule is COCC1(CNC(=O)C(NC(=O)NCc2ccccc2)C(C)C)CCNCC1.Cl. The molecule has 1 aromatic carbocycles. The minimum Gasteiger partial charge on any atom is -0.384 e. The summed E-state index contributed by atoms with van der Waals surface area (Å²) in [6.45, 7) is 7.29. The summed E-state index contributed by atoms with van der Waals surface area (Å²) in [7, 11) is 1.70. The molecular weight excluding hydrogens is 392 g/mol. The van der Waals surface area contributed by atoms with Crippen molar-refractivity contribution < 1.29 is 14.3 Å². The van der Waals surface area contributed by atoms with E-state index >= 15 is 0 Å². The Bertz CT molecular complexity index is 616. The van der Waals surface area contributed by atoms with E-state index in [4.69, 9.17) is 4.74 Å². The molecule has 0 spiro atoms. The van der Waals surface area contributed by atoms with Crippen molar-refractivity contribution in [3.63, 3.8) is 0 Å². The number of nitrogens with one attached hydrogen (secondary N) is 4. The van der Waals surface area contributed by atoms with E-state index in [-0.39, 0.29) is 35.7 Å². The summed E-state index contributed by atoms with van der Waals surface area (Å²) in [6, 6.07) is 8.75. The minimum atomic E-state index is -0.586. The fourth-order valence-corrected chi connectivity index (χ4v) is 3.53. The van der Waals surface area contributed by atoms with Gasteiger partial charge in [0.2, 0.25) is 5.91 Å². The van der Waals surface area contributed by atoms with Gasteiger partial charge < -0.3 is 26.0 Å². The van der Waals surface area contributed by atoms with Gasteiger partial charge in [-0.2, -0.15) is 0 Å². The number of amides is 3. The number of carbonyl (C=O) groups excluding carboxylic acids is 2. The van der Waals surface area contributed by atoms with Gasteiger partial charge in [-0.25, -0.2) is 4.79 Å². The summed E-state index contributed by atoms with van der Waals surface area (Å²) in [5, 5.41) is 12.0. The first-order valence-corrected chi connectivity index (χ1v) is 10.0. The highest BCUT2D eigenvalue weighted by Crippen LogP contribution is 2.28. The van der Waals surface area contributed by atoms with E-state index in [2.05, 4.69) is 21.3 Å². The van der Waals surface area contributed by atoms with Crippen LogP contribution in [0.2, 0.25) is 0 Å². The second-order valence-electron chi connectivity index (χ2n) is 7.94. The predicted octanol–water partition coefficient (Wildman–Crippen LogP) is 2.06. The van der Waals surface area contributed by atoms with Gasteiger partial charge in [-0.3, -0.25) is 4.79 Å². The van der Waals surface area contributed by atoms with Crippen LogP contribution in [0.4, 0.5) is 4.79 Å². The fraction of sp³-hybridized carbons (Fsp3) is 0.619. The first-order valence-electron chi connectivity index (χ1n) is 10.0. The second-order valence-corrected chi connectivity index (χ2v) is 7.94. The zero-order valence-electron chi connectivity index (χ0n) is 17.6. The van der Waals surface area contributed by atoms with E-state index in [1.165, 1.54) is 0 Å². The molecule has 0 aliphatic carbocycles. The first kappa shape index (κ1) is 25.2. The maximum absolute atomic E-state index is 12.8. The molecule has 1 fully saturated rings. The topological polar surface area (TPSA) is 91.5 Å². The predicted molar refractivity (Wildman–Crippen MR) is 117 cm³/mol. The van der Waals surface area contributed by atoms with Crippen molar-refractivity contribution in [2.75, 3.05) is 33.4 Å². The molecule has 0 radical (unpaired) electrons. The van der Waals surface area contributed by atoms with Crippen molar-refractivity contribution in [1.82, 2.24) is 21.3 Å². The zero-order chi connectivity index (χ0) is 20.4. The van der Waals surface area contributed by atoms with Gasteiger partial charge in [0, 0.05) is 25.6 Å². The quantitative estimate of drug-likeness (QED) is 0.486. The molecule has 1 aliphatic rings. The van der Waals surface area contributed by atoms with Gasteiger partial charge in [-0.1, -0.05) is 44.2 Å². The number of benzene rings is 1. The molecule has 3 amide bonds. The van der Waals surface area contributed by atoms with Gasteiger partial charge >= 0.3 is 6.03 Å². The van der Waals surface area contributed by atoms with Crippen molar-refractivity contribution in [2.24, 2.45) is 11.3 Å². The summed E-state index contributed by atoms with van der Waals surface area (Å²) in [4.78, 5) is 25.1. The number of hydrogen-bond donors (Lipinski definition) is 4. The number of rotatable bonds is 9. The summed E-state index contributed by atoms with van der Waals surface area (Å²) in [5.74, 6) is -0.173. The number of hydrogen-bond acceptors (Lipinski definition) is 4. The third-order valence-electron chi connectivity index (χ3n) is 5.28. The summed E-state index contributed by atoms with van der Waals surface area (Å²) in [6.07, 6.45) is 1.91. The number of halogens is 1. The van der Waals surface area contributed by atoms with E-state index in [0.717, 1.165) is 31.5 Å². The van der Waals surface area contributed by atoms with Crippen LogP contribution < -0.4 is 21.3 Å². The van der Waals surface area contributed by atoms with Crippen molar-refractivity contribution >= 4 is 24.3 Å². The Morgan fingerprint density at radius 1 is 1.14 bits per heavy atom. The van der Waals surface area contributed by atoms with Crippen LogP contribution in [0.5, 0.6) is 0 Å². The van der Waals surface area contributed by atoms with Gasteiger partial charge in [0.25, 0.3) is 0 Å². The molecule has 2 rings (SSSR count). The third-order valence-corrected chi connectivity index (χ3v) is 5.28. The van der Waals surface area contributed by atoms with Crippen LogP contribution in [0.1, 0.15) is 32.3 Å². The van der Waals surface area contributed by atoms with Gasteiger partial charge in [0.15, 0.2) is 0 Å². The van der Waals surface area contributed by atoms with Crippen LogP contribution in [0.15, 0.2) is 30.3 Å². The first-order chi connectivity index (χ1) is 13.5. The fourth-order valence-electron chi connectivity index (χ4n) is 3.53. The Morgan fingerprint density at radius 2 is 1.79 bits per heavy atom. The average Bonchev–Trinajstić information content (AvgIpc) is 2.70. The molecule has 1 atom stereocenters. The maximum Gasteiger partial charge on any atom is 0.315 e. The Morgan fingerprint density at radius 3 is 2.38 bits per heavy atom.